The van der Waals surface area contributed by atoms with Crippen molar-refractivity contribution in [1.82, 2.24) is 4.98 Å². The lowest BCUT2D eigenvalue weighted by molar-refractivity contribution is 0.592. The molecule has 0 unspecified atom stereocenters. The monoisotopic (exact) mass is 294 g/mol. The Kier molecular flexibility index (Phi) is 2.95. The number of rotatable bonds is 2. The fraction of sp³-hybridized carbons (Fsp3) is 0.154. The summed E-state index contributed by atoms with van der Waals surface area (Å²) in [6, 6.07) is 8.97. The number of hydrogen-bond acceptors (Lipinski definition) is 3. The number of benzene rings is 1. The Hall–Kier alpha value is -1.59. The zero-order chi connectivity index (χ0) is 13.5. The van der Waals surface area contributed by atoms with E-state index in [4.69, 9.17) is 11.6 Å². The lowest BCUT2D eigenvalue weighted by Crippen LogP contribution is -2.29. The van der Waals surface area contributed by atoms with Gasteiger partial charge in [0.25, 0.3) is 10.0 Å². The van der Waals surface area contributed by atoms with Crippen molar-refractivity contribution >= 4 is 27.3 Å². The van der Waals surface area contributed by atoms with Crippen LogP contribution in [0.5, 0.6) is 0 Å². The van der Waals surface area contributed by atoms with Gasteiger partial charge in [0.05, 0.1) is 10.7 Å². The number of nitrogens with zero attached hydrogens (tertiary/aromatic N) is 2. The van der Waals surface area contributed by atoms with Gasteiger partial charge in [0.1, 0.15) is 4.90 Å². The van der Waals surface area contributed by atoms with Gasteiger partial charge in [-0.3, -0.25) is 9.29 Å². The first kappa shape index (κ1) is 12.4. The summed E-state index contributed by atoms with van der Waals surface area (Å²) in [5.74, 6) is 0. The summed E-state index contributed by atoms with van der Waals surface area (Å²) in [5.41, 5.74) is 1.76. The van der Waals surface area contributed by atoms with Crippen molar-refractivity contribution in [3.63, 3.8) is 0 Å². The quantitative estimate of drug-likeness (QED) is 0.855. The van der Waals surface area contributed by atoms with Crippen LogP contribution in [-0.2, 0) is 16.4 Å². The van der Waals surface area contributed by atoms with Gasteiger partial charge in [-0.15, -0.1) is 0 Å². The number of fused-ring (bicyclic) bond motifs is 1. The van der Waals surface area contributed by atoms with E-state index in [1.165, 1.54) is 22.8 Å². The van der Waals surface area contributed by atoms with Crippen LogP contribution in [0.4, 0.5) is 5.69 Å². The molecule has 0 atom stereocenters. The summed E-state index contributed by atoms with van der Waals surface area (Å²) in [6.07, 6.45) is 3.48. The molecule has 1 aliphatic rings. The first-order valence-electron chi connectivity index (χ1n) is 5.81. The van der Waals surface area contributed by atoms with Crippen molar-refractivity contribution < 1.29 is 8.42 Å². The van der Waals surface area contributed by atoms with Crippen LogP contribution in [0.3, 0.4) is 0 Å². The minimum Gasteiger partial charge on any atom is -0.266 e. The highest BCUT2D eigenvalue weighted by atomic mass is 35.5. The second-order valence-corrected chi connectivity index (χ2v) is 6.50. The molecule has 2 aromatic rings. The van der Waals surface area contributed by atoms with E-state index >= 15 is 0 Å². The summed E-state index contributed by atoms with van der Waals surface area (Å²) in [7, 11) is -3.64. The van der Waals surface area contributed by atoms with Crippen molar-refractivity contribution in [1.29, 1.82) is 0 Å². The molecule has 0 bridgehead atoms. The van der Waals surface area contributed by atoms with Gasteiger partial charge in [0.2, 0.25) is 0 Å². The molecule has 1 aromatic heterocycles. The molecule has 4 nitrogen and oxygen atoms in total. The Morgan fingerprint density at radius 2 is 2.00 bits per heavy atom. The van der Waals surface area contributed by atoms with Gasteiger partial charge in [0.15, 0.2) is 0 Å². The predicted molar refractivity (Wildman–Crippen MR) is 73.9 cm³/mol. The predicted octanol–water partition coefficient (Wildman–Crippen LogP) is 2.49. The van der Waals surface area contributed by atoms with Crippen molar-refractivity contribution in [3.05, 3.63) is 53.3 Å². The maximum absolute atomic E-state index is 12.6. The van der Waals surface area contributed by atoms with Crippen molar-refractivity contribution in [3.8, 4) is 0 Å². The highest BCUT2D eigenvalue weighted by molar-refractivity contribution is 7.93. The van der Waals surface area contributed by atoms with Crippen molar-refractivity contribution in [2.24, 2.45) is 0 Å². The molecule has 1 aromatic carbocycles. The van der Waals surface area contributed by atoms with Crippen LogP contribution in [0.2, 0.25) is 5.02 Å². The smallest absolute Gasteiger partial charge is 0.266 e. The van der Waals surface area contributed by atoms with Gasteiger partial charge in [-0.25, -0.2) is 8.42 Å². The molecule has 6 heteroatoms. The number of hydrogen-bond donors (Lipinski definition) is 0. The molecule has 0 fully saturated rings. The Morgan fingerprint density at radius 3 is 2.79 bits per heavy atom. The number of para-hydroxylation sites is 1. The normalized spacial score (nSPS) is 14.5. The van der Waals surface area contributed by atoms with E-state index in [1.807, 2.05) is 24.3 Å². The third-order valence-electron chi connectivity index (χ3n) is 3.15. The van der Waals surface area contributed by atoms with Crippen LogP contribution in [-0.4, -0.2) is 19.9 Å². The number of anilines is 1. The van der Waals surface area contributed by atoms with Crippen molar-refractivity contribution in [2.45, 2.75) is 11.3 Å². The minimum atomic E-state index is -3.64. The summed E-state index contributed by atoms with van der Waals surface area (Å²) in [6.45, 7) is 0.437. The van der Waals surface area contributed by atoms with Gasteiger partial charge in [-0.1, -0.05) is 29.8 Å². The molecule has 0 aliphatic carbocycles. The van der Waals surface area contributed by atoms with Crippen LogP contribution in [0, 0.1) is 0 Å². The van der Waals surface area contributed by atoms with E-state index in [2.05, 4.69) is 4.98 Å². The van der Waals surface area contributed by atoms with Crippen LogP contribution < -0.4 is 4.31 Å². The SMILES string of the molecule is O=S(=O)(c1cnccc1Cl)N1CCc2ccccc21. The van der Waals surface area contributed by atoms with E-state index in [1.54, 1.807) is 0 Å². The van der Waals surface area contributed by atoms with Gasteiger partial charge in [-0.05, 0) is 24.1 Å². The largest absolute Gasteiger partial charge is 0.267 e. The maximum atomic E-state index is 12.6. The zero-order valence-corrected chi connectivity index (χ0v) is 11.5. The molecule has 3 rings (SSSR count). The van der Waals surface area contributed by atoms with Crippen molar-refractivity contribution in [2.75, 3.05) is 10.8 Å². The molecule has 0 spiro atoms. The molecule has 2 heterocycles. The van der Waals surface area contributed by atoms with E-state index < -0.39 is 10.0 Å². The van der Waals surface area contributed by atoms with E-state index in [9.17, 15) is 8.42 Å². The minimum absolute atomic E-state index is 0.0494. The van der Waals surface area contributed by atoms with E-state index in [0.29, 0.717) is 13.0 Å². The van der Waals surface area contributed by atoms with Gasteiger partial charge in [-0.2, -0.15) is 0 Å². The van der Waals surface area contributed by atoms with Crippen LogP contribution in [0.1, 0.15) is 5.56 Å². The second-order valence-electron chi connectivity index (χ2n) is 4.26. The Morgan fingerprint density at radius 1 is 1.21 bits per heavy atom. The molecular formula is C13H11ClN2O2S. The fourth-order valence-corrected chi connectivity index (χ4v) is 4.14. The molecular weight excluding hydrogens is 284 g/mol. The number of sulfonamides is 1. The van der Waals surface area contributed by atoms with Crippen LogP contribution >= 0.6 is 11.6 Å². The summed E-state index contributed by atoms with van der Waals surface area (Å²) < 4.78 is 26.6. The summed E-state index contributed by atoms with van der Waals surface area (Å²) >= 11 is 5.97. The third-order valence-corrected chi connectivity index (χ3v) is 5.43. The fourth-order valence-electron chi connectivity index (χ4n) is 2.23. The van der Waals surface area contributed by atoms with Gasteiger partial charge in [0, 0.05) is 18.9 Å². The first-order valence-corrected chi connectivity index (χ1v) is 7.62. The van der Waals surface area contributed by atoms with E-state index in [0.717, 1.165) is 11.3 Å². The average molecular weight is 295 g/mol. The molecule has 98 valence electrons. The Bertz CT molecular complexity index is 731. The molecule has 0 saturated carbocycles. The summed E-state index contributed by atoms with van der Waals surface area (Å²) in [5, 5.41) is 0.194. The molecule has 0 amide bonds. The van der Waals surface area contributed by atoms with Crippen LogP contribution in [0.25, 0.3) is 0 Å². The molecule has 0 radical (unpaired) electrons. The number of halogens is 1. The zero-order valence-electron chi connectivity index (χ0n) is 9.95. The van der Waals surface area contributed by atoms with E-state index in [-0.39, 0.29) is 9.92 Å². The highest BCUT2D eigenvalue weighted by Gasteiger charge is 2.32. The van der Waals surface area contributed by atoms with Gasteiger partial charge >= 0.3 is 0 Å². The average Bonchev–Trinajstić information content (AvgIpc) is 2.83. The maximum Gasteiger partial charge on any atom is 0.267 e. The molecule has 19 heavy (non-hydrogen) atoms. The lowest BCUT2D eigenvalue weighted by Gasteiger charge is -2.19. The number of pyridine rings is 1. The molecule has 0 N–H and O–H groups in total. The summed E-state index contributed by atoms with van der Waals surface area (Å²) in [4.78, 5) is 3.90. The highest BCUT2D eigenvalue weighted by Crippen LogP contribution is 2.34. The topological polar surface area (TPSA) is 50.3 Å². The molecule has 0 saturated heterocycles. The third kappa shape index (κ3) is 1.99. The standard InChI is InChI=1S/C13H11ClN2O2S/c14-11-5-7-15-9-13(11)19(17,18)16-8-6-10-3-1-2-4-12(10)16/h1-5,7,9H,6,8H2. The second kappa shape index (κ2) is 4.51. The van der Waals surface area contributed by atoms with Crippen LogP contribution in [0.15, 0.2) is 47.6 Å². The Balaban J connectivity index is 2.11. The lowest BCUT2D eigenvalue weighted by atomic mass is 10.2. The van der Waals surface area contributed by atoms with Gasteiger partial charge < -0.3 is 0 Å². The number of aromatic nitrogens is 1. The molecule has 1 aliphatic heterocycles. The first-order chi connectivity index (χ1) is 9.10. The Labute approximate surface area is 116 Å².